The van der Waals surface area contributed by atoms with E-state index in [1.807, 2.05) is 13.8 Å². The third-order valence-electron chi connectivity index (χ3n) is 1.59. The van der Waals surface area contributed by atoms with E-state index in [1.54, 1.807) is 0 Å². The molecule has 0 saturated carbocycles. The fraction of sp³-hybridized carbons (Fsp3) is 1.00. The summed E-state index contributed by atoms with van der Waals surface area (Å²) in [4.78, 5) is 0. The van der Waals surface area contributed by atoms with E-state index in [0.717, 1.165) is 0 Å². The molecule has 3 nitrogen and oxygen atoms in total. The van der Waals surface area contributed by atoms with Crippen LogP contribution < -0.4 is 0 Å². The van der Waals surface area contributed by atoms with Gasteiger partial charge in [0.25, 0.3) is 0 Å². The van der Waals surface area contributed by atoms with Crippen LogP contribution in [0.25, 0.3) is 0 Å². The van der Waals surface area contributed by atoms with Crippen LogP contribution >= 0.6 is 0 Å². The van der Waals surface area contributed by atoms with Gasteiger partial charge in [0, 0.05) is 12.5 Å². The second-order valence-electron chi connectivity index (χ2n) is 3.92. The summed E-state index contributed by atoms with van der Waals surface area (Å²) < 4.78 is 10.8. The molecule has 0 aliphatic rings. The Morgan fingerprint density at radius 2 is 1.54 bits per heavy atom. The quantitative estimate of drug-likeness (QED) is 0.620. The van der Waals surface area contributed by atoms with Crippen molar-refractivity contribution in [2.75, 3.05) is 19.8 Å². The topological polar surface area (TPSA) is 38.7 Å². The van der Waals surface area contributed by atoms with Crippen LogP contribution in [0.1, 0.15) is 27.7 Å². The van der Waals surface area contributed by atoms with E-state index in [1.165, 1.54) is 0 Å². The van der Waals surface area contributed by atoms with E-state index in [4.69, 9.17) is 14.6 Å². The summed E-state index contributed by atoms with van der Waals surface area (Å²) in [7, 11) is 0. The van der Waals surface area contributed by atoms with Crippen LogP contribution in [0.4, 0.5) is 0 Å². The minimum absolute atomic E-state index is 0.164. The summed E-state index contributed by atoms with van der Waals surface area (Å²) in [5.74, 6) is 0.714. The molecule has 0 heterocycles. The molecule has 0 aliphatic carbocycles. The van der Waals surface area contributed by atoms with Crippen molar-refractivity contribution in [3.05, 3.63) is 0 Å². The van der Waals surface area contributed by atoms with E-state index < -0.39 is 0 Å². The van der Waals surface area contributed by atoms with E-state index in [0.29, 0.717) is 19.1 Å². The molecule has 13 heavy (non-hydrogen) atoms. The second-order valence-corrected chi connectivity index (χ2v) is 3.92. The molecule has 0 aromatic heterocycles. The summed E-state index contributed by atoms with van der Waals surface area (Å²) in [6, 6.07) is 0. The lowest BCUT2D eigenvalue weighted by Crippen LogP contribution is -2.20. The first-order valence-electron chi connectivity index (χ1n) is 4.90. The Balaban J connectivity index is 3.34. The van der Waals surface area contributed by atoms with Crippen LogP contribution in [0.2, 0.25) is 0 Å². The van der Waals surface area contributed by atoms with Gasteiger partial charge in [-0.05, 0) is 12.8 Å². The molecular weight excluding hydrogens is 168 g/mol. The lowest BCUT2D eigenvalue weighted by molar-refractivity contribution is -0.145. The van der Waals surface area contributed by atoms with Crippen LogP contribution in [-0.4, -0.2) is 31.2 Å². The van der Waals surface area contributed by atoms with Crippen molar-refractivity contribution in [3.8, 4) is 0 Å². The molecule has 0 aromatic carbocycles. The van der Waals surface area contributed by atoms with Gasteiger partial charge in [-0.25, -0.2) is 0 Å². The van der Waals surface area contributed by atoms with Crippen LogP contribution in [0.3, 0.4) is 0 Å². The van der Waals surface area contributed by atoms with Gasteiger partial charge in [0.2, 0.25) is 0 Å². The molecule has 2 atom stereocenters. The van der Waals surface area contributed by atoms with Crippen molar-refractivity contribution in [2.24, 2.45) is 11.8 Å². The highest BCUT2D eigenvalue weighted by atomic mass is 16.7. The first-order chi connectivity index (χ1) is 6.06. The van der Waals surface area contributed by atoms with Gasteiger partial charge < -0.3 is 14.6 Å². The molecule has 3 heteroatoms. The lowest BCUT2D eigenvalue weighted by Gasteiger charge is -2.17. The first kappa shape index (κ1) is 12.9. The Labute approximate surface area is 81.0 Å². The van der Waals surface area contributed by atoms with E-state index in [2.05, 4.69) is 13.8 Å². The standard InChI is InChI=1S/C10H22O3/c1-8(2)6-12-10(4)13-7-9(3)5-11/h8-11H,5-7H2,1-4H3/t9?,10-/m0/s1. The molecule has 0 aromatic rings. The molecule has 0 radical (unpaired) electrons. The number of hydrogen-bond donors (Lipinski definition) is 1. The van der Waals surface area contributed by atoms with Crippen LogP contribution in [0, 0.1) is 11.8 Å². The largest absolute Gasteiger partial charge is 0.396 e. The number of hydrogen-bond acceptors (Lipinski definition) is 3. The number of ether oxygens (including phenoxy) is 2. The molecule has 80 valence electrons. The Bertz CT molecular complexity index is 115. The van der Waals surface area contributed by atoms with E-state index in [9.17, 15) is 0 Å². The van der Waals surface area contributed by atoms with Gasteiger partial charge in [0.1, 0.15) is 0 Å². The summed E-state index contributed by atoms with van der Waals surface area (Å²) in [6.07, 6.45) is -0.170. The molecular formula is C10H22O3. The molecule has 0 saturated heterocycles. The van der Waals surface area contributed by atoms with E-state index >= 15 is 0 Å². The van der Waals surface area contributed by atoms with Gasteiger partial charge in [-0.15, -0.1) is 0 Å². The van der Waals surface area contributed by atoms with Crippen molar-refractivity contribution in [3.63, 3.8) is 0 Å². The predicted octanol–water partition coefficient (Wildman–Crippen LogP) is 1.65. The molecule has 0 amide bonds. The molecule has 0 fully saturated rings. The minimum atomic E-state index is -0.170. The third-order valence-corrected chi connectivity index (χ3v) is 1.59. The maximum Gasteiger partial charge on any atom is 0.154 e. The van der Waals surface area contributed by atoms with Gasteiger partial charge in [0.15, 0.2) is 6.29 Å². The van der Waals surface area contributed by atoms with Gasteiger partial charge in [-0.2, -0.15) is 0 Å². The molecule has 0 bridgehead atoms. The molecule has 0 rings (SSSR count). The van der Waals surface area contributed by atoms with Crippen molar-refractivity contribution in [1.29, 1.82) is 0 Å². The summed E-state index contributed by atoms with van der Waals surface area (Å²) in [6.45, 7) is 9.45. The highest BCUT2D eigenvalue weighted by Crippen LogP contribution is 2.02. The number of aliphatic hydroxyl groups is 1. The average molecular weight is 190 g/mol. The van der Waals surface area contributed by atoms with Crippen molar-refractivity contribution in [2.45, 2.75) is 34.0 Å². The average Bonchev–Trinajstić information content (AvgIpc) is 2.10. The minimum Gasteiger partial charge on any atom is -0.396 e. The fourth-order valence-corrected chi connectivity index (χ4v) is 0.729. The maximum absolute atomic E-state index is 8.74. The summed E-state index contributed by atoms with van der Waals surface area (Å²) in [5, 5.41) is 8.74. The van der Waals surface area contributed by atoms with Gasteiger partial charge >= 0.3 is 0 Å². The molecule has 1 unspecified atom stereocenters. The monoisotopic (exact) mass is 190 g/mol. The van der Waals surface area contributed by atoms with E-state index in [-0.39, 0.29) is 18.8 Å². The second kappa shape index (κ2) is 7.30. The Hall–Kier alpha value is -0.120. The Morgan fingerprint density at radius 1 is 1.00 bits per heavy atom. The zero-order valence-corrected chi connectivity index (χ0v) is 9.12. The summed E-state index contributed by atoms with van der Waals surface area (Å²) >= 11 is 0. The highest BCUT2D eigenvalue weighted by Gasteiger charge is 2.06. The summed E-state index contributed by atoms with van der Waals surface area (Å²) in [5.41, 5.74) is 0. The third kappa shape index (κ3) is 8.22. The molecule has 0 aliphatic heterocycles. The number of aliphatic hydroxyl groups excluding tert-OH is 1. The first-order valence-corrected chi connectivity index (χ1v) is 4.90. The maximum atomic E-state index is 8.74. The normalized spacial score (nSPS) is 16.2. The van der Waals surface area contributed by atoms with Crippen LogP contribution in [0.15, 0.2) is 0 Å². The fourth-order valence-electron chi connectivity index (χ4n) is 0.729. The molecule has 0 spiro atoms. The van der Waals surface area contributed by atoms with Gasteiger partial charge in [0.05, 0.1) is 13.2 Å². The van der Waals surface area contributed by atoms with Crippen molar-refractivity contribution < 1.29 is 14.6 Å². The molecule has 1 N–H and O–H groups in total. The Morgan fingerprint density at radius 3 is 2.00 bits per heavy atom. The van der Waals surface area contributed by atoms with Crippen LogP contribution in [-0.2, 0) is 9.47 Å². The van der Waals surface area contributed by atoms with Crippen molar-refractivity contribution in [1.82, 2.24) is 0 Å². The smallest absolute Gasteiger partial charge is 0.154 e. The van der Waals surface area contributed by atoms with Gasteiger partial charge in [-0.1, -0.05) is 20.8 Å². The highest BCUT2D eigenvalue weighted by molar-refractivity contribution is 4.47. The SMILES string of the molecule is CC(C)CO[C@H](C)OCC(C)CO. The van der Waals surface area contributed by atoms with Crippen molar-refractivity contribution >= 4 is 0 Å². The van der Waals surface area contributed by atoms with Crippen LogP contribution in [0.5, 0.6) is 0 Å². The zero-order chi connectivity index (χ0) is 10.3. The Kier molecular flexibility index (Phi) is 7.23. The predicted molar refractivity (Wildman–Crippen MR) is 52.5 cm³/mol. The van der Waals surface area contributed by atoms with Gasteiger partial charge in [-0.3, -0.25) is 0 Å². The number of rotatable bonds is 7. The zero-order valence-electron chi connectivity index (χ0n) is 9.12. The lowest BCUT2D eigenvalue weighted by atomic mass is 10.2.